The first-order valence-electron chi connectivity index (χ1n) is 6.05. The maximum Gasteiger partial charge on any atom is 0.248 e. The normalized spacial score (nSPS) is 11.8. The number of benzene rings is 1. The van der Waals surface area contributed by atoms with Crippen LogP contribution in [0.25, 0.3) is 0 Å². The molecule has 0 fully saturated rings. The van der Waals surface area contributed by atoms with Crippen molar-refractivity contribution in [1.29, 1.82) is 0 Å². The van der Waals surface area contributed by atoms with Crippen LogP contribution in [0.3, 0.4) is 0 Å². The van der Waals surface area contributed by atoms with E-state index in [4.69, 9.17) is 10.5 Å². The number of nitrogen functional groups attached to an aromatic ring is 1. The monoisotopic (exact) mass is 314 g/mol. The quantitative estimate of drug-likeness (QED) is 0.822. The molecule has 1 aromatic heterocycles. The third kappa shape index (κ3) is 3.50. The van der Waals surface area contributed by atoms with Crippen molar-refractivity contribution in [3.63, 3.8) is 0 Å². The number of aromatic nitrogens is 2. The molecule has 3 N–H and O–H groups in total. The van der Waals surface area contributed by atoms with Crippen LogP contribution < -0.4 is 10.5 Å². The number of hydrogen-bond acceptors (Lipinski definition) is 5. The number of ether oxygens (including phenoxy) is 1. The van der Waals surface area contributed by atoms with Crippen molar-refractivity contribution < 1.29 is 17.5 Å². The van der Waals surface area contributed by atoms with Crippen LogP contribution >= 0.6 is 0 Å². The minimum absolute atomic E-state index is 0.0127. The number of anilines is 1. The lowest BCUT2D eigenvalue weighted by molar-refractivity contribution is 0.286. The van der Waals surface area contributed by atoms with Gasteiger partial charge in [0.05, 0.1) is 6.20 Å². The van der Waals surface area contributed by atoms with Crippen molar-refractivity contribution in [2.45, 2.75) is 4.90 Å². The topological polar surface area (TPSA) is 101 Å². The molecule has 9 heteroatoms. The van der Waals surface area contributed by atoms with Gasteiger partial charge in [-0.2, -0.15) is 9.40 Å². The van der Waals surface area contributed by atoms with E-state index >= 15 is 0 Å². The molecule has 0 bridgehead atoms. The molecule has 21 heavy (non-hydrogen) atoms. The van der Waals surface area contributed by atoms with Crippen LogP contribution in [0, 0.1) is 5.82 Å². The Hall–Kier alpha value is -2.13. The summed E-state index contributed by atoms with van der Waals surface area (Å²) in [5.41, 5.74) is 5.51. The largest absolute Gasteiger partial charge is 0.492 e. The number of aromatic amines is 1. The van der Waals surface area contributed by atoms with Gasteiger partial charge in [0.2, 0.25) is 10.0 Å². The summed E-state index contributed by atoms with van der Waals surface area (Å²) in [5.74, 6) is 0.0869. The van der Waals surface area contributed by atoms with Gasteiger partial charge in [-0.15, -0.1) is 0 Å². The lowest BCUT2D eigenvalue weighted by Gasteiger charge is -2.16. The zero-order chi connectivity index (χ0) is 15.5. The molecule has 2 aromatic rings. The summed E-state index contributed by atoms with van der Waals surface area (Å²) in [7, 11) is -2.30. The smallest absolute Gasteiger partial charge is 0.248 e. The van der Waals surface area contributed by atoms with Gasteiger partial charge in [-0.3, -0.25) is 5.10 Å². The van der Waals surface area contributed by atoms with E-state index < -0.39 is 10.0 Å². The van der Waals surface area contributed by atoms with E-state index in [0.29, 0.717) is 5.75 Å². The van der Waals surface area contributed by atoms with Gasteiger partial charge in [0, 0.05) is 13.6 Å². The lowest BCUT2D eigenvalue weighted by atomic mass is 10.3. The van der Waals surface area contributed by atoms with E-state index in [1.54, 1.807) is 0 Å². The molecule has 0 saturated heterocycles. The number of H-pyrrole nitrogens is 1. The van der Waals surface area contributed by atoms with Crippen molar-refractivity contribution in [3.8, 4) is 5.75 Å². The van der Waals surface area contributed by atoms with Gasteiger partial charge < -0.3 is 10.5 Å². The van der Waals surface area contributed by atoms with Crippen molar-refractivity contribution in [2.24, 2.45) is 0 Å². The van der Waals surface area contributed by atoms with Crippen LogP contribution in [0.5, 0.6) is 5.75 Å². The number of nitrogens with two attached hydrogens (primary N) is 1. The molecule has 1 heterocycles. The van der Waals surface area contributed by atoms with E-state index in [0.717, 1.165) is 10.5 Å². The highest BCUT2D eigenvalue weighted by molar-refractivity contribution is 7.89. The third-order valence-corrected chi connectivity index (χ3v) is 4.69. The van der Waals surface area contributed by atoms with E-state index in [2.05, 4.69) is 10.2 Å². The molecular weight excluding hydrogens is 299 g/mol. The molecule has 0 aliphatic heterocycles. The second-order valence-electron chi connectivity index (χ2n) is 4.28. The summed E-state index contributed by atoms with van der Waals surface area (Å²) in [6.45, 7) is 0.240. The average molecular weight is 314 g/mol. The van der Waals surface area contributed by atoms with E-state index in [1.165, 1.54) is 31.3 Å². The zero-order valence-corrected chi connectivity index (χ0v) is 12.1. The van der Waals surface area contributed by atoms with Crippen molar-refractivity contribution >= 4 is 15.8 Å². The van der Waals surface area contributed by atoms with Crippen LogP contribution in [0.4, 0.5) is 10.2 Å². The van der Waals surface area contributed by atoms with Crippen LogP contribution in [0.2, 0.25) is 0 Å². The maximum atomic E-state index is 12.7. The first-order valence-corrected chi connectivity index (χ1v) is 7.49. The summed E-state index contributed by atoms with van der Waals surface area (Å²) in [6, 6.07) is 5.47. The average Bonchev–Trinajstić information content (AvgIpc) is 2.88. The van der Waals surface area contributed by atoms with E-state index in [9.17, 15) is 12.8 Å². The minimum Gasteiger partial charge on any atom is -0.492 e. The SMILES string of the molecule is CN(CCOc1ccc(F)cc1)S(=O)(=O)c1cn[nH]c1N. The number of nitrogens with one attached hydrogen (secondary N) is 1. The Labute approximate surface area is 121 Å². The molecule has 0 saturated carbocycles. The molecule has 0 aliphatic rings. The number of halogens is 1. The zero-order valence-electron chi connectivity index (χ0n) is 11.3. The van der Waals surface area contributed by atoms with Gasteiger partial charge >= 0.3 is 0 Å². The van der Waals surface area contributed by atoms with Crippen LogP contribution in [0.15, 0.2) is 35.4 Å². The highest BCUT2D eigenvalue weighted by Gasteiger charge is 2.24. The second kappa shape index (κ2) is 6.10. The fourth-order valence-corrected chi connectivity index (χ4v) is 2.76. The number of nitrogens with zero attached hydrogens (tertiary/aromatic N) is 2. The Morgan fingerprint density at radius 2 is 2.05 bits per heavy atom. The second-order valence-corrected chi connectivity index (χ2v) is 6.29. The third-order valence-electron chi connectivity index (χ3n) is 2.81. The van der Waals surface area contributed by atoms with Gasteiger partial charge in [-0.25, -0.2) is 12.8 Å². The number of hydrogen-bond donors (Lipinski definition) is 2. The van der Waals surface area contributed by atoms with Crippen LogP contribution in [-0.2, 0) is 10.0 Å². The Morgan fingerprint density at radius 3 is 2.62 bits per heavy atom. The van der Waals surface area contributed by atoms with Crippen LogP contribution in [-0.4, -0.2) is 43.1 Å². The first-order chi connectivity index (χ1) is 9.91. The summed E-state index contributed by atoms with van der Waals surface area (Å²) >= 11 is 0. The minimum atomic E-state index is -3.71. The molecule has 0 amide bonds. The summed E-state index contributed by atoms with van der Waals surface area (Å²) in [4.78, 5) is -0.0771. The molecular formula is C12H15FN4O3S. The summed E-state index contributed by atoms with van der Waals surface area (Å²) in [5, 5.41) is 5.96. The Kier molecular flexibility index (Phi) is 4.43. The Morgan fingerprint density at radius 1 is 1.38 bits per heavy atom. The number of rotatable bonds is 6. The predicted molar refractivity (Wildman–Crippen MR) is 74.7 cm³/mol. The molecule has 1 aromatic carbocycles. The van der Waals surface area contributed by atoms with E-state index in [1.807, 2.05) is 0 Å². The molecule has 114 valence electrons. The van der Waals surface area contributed by atoms with Crippen molar-refractivity contribution in [2.75, 3.05) is 25.9 Å². The standard InChI is InChI=1S/C12H15FN4O3S/c1-17(21(18,19)11-8-15-16-12(11)14)6-7-20-10-4-2-9(13)3-5-10/h2-5,8H,6-7H2,1H3,(H3,14,15,16). The molecule has 0 spiro atoms. The lowest BCUT2D eigenvalue weighted by Crippen LogP contribution is -2.31. The highest BCUT2D eigenvalue weighted by atomic mass is 32.2. The van der Waals surface area contributed by atoms with Gasteiger partial charge in [-0.1, -0.05) is 0 Å². The molecule has 0 unspecified atom stereocenters. The van der Waals surface area contributed by atoms with Crippen molar-refractivity contribution in [3.05, 3.63) is 36.3 Å². The highest BCUT2D eigenvalue weighted by Crippen LogP contribution is 2.18. The fourth-order valence-electron chi connectivity index (χ4n) is 1.60. The maximum absolute atomic E-state index is 12.7. The number of likely N-dealkylation sites (N-methyl/N-ethyl adjacent to an activating group) is 1. The molecule has 0 aliphatic carbocycles. The molecule has 2 rings (SSSR count). The van der Waals surface area contributed by atoms with Crippen LogP contribution in [0.1, 0.15) is 0 Å². The molecule has 0 atom stereocenters. The van der Waals surface area contributed by atoms with Gasteiger partial charge in [0.15, 0.2) is 0 Å². The van der Waals surface area contributed by atoms with Gasteiger partial charge in [0.25, 0.3) is 0 Å². The predicted octanol–water partition coefficient (Wildman–Crippen LogP) is 0.831. The molecule has 7 nitrogen and oxygen atoms in total. The number of sulfonamides is 1. The summed E-state index contributed by atoms with van der Waals surface area (Å²) < 4.78 is 43.5. The van der Waals surface area contributed by atoms with Gasteiger partial charge in [0.1, 0.15) is 28.9 Å². The Bertz CT molecular complexity index is 700. The molecule has 0 radical (unpaired) electrons. The Balaban J connectivity index is 1.94. The summed E-state index contributed by atoms with van der Waals surface area (Å²) in [6.07, 6.45) is 1.15. The van der Waals surface area contributed by atoms with Crippen molar-refractivity contribution in [1.82, 2.24) is 14.5 Å². The first kappa shape index (κ1) is 15.3. The van der Waals surface area contributed by atoms with E-state index in [-0.39, 0.29) is 29.7 Å². The fraction of sp³-hybridized carbons (Fsp3) is 0.250. The van der Waals surface area contributed by atoms with Gasteiger partial charge in [-0.05, 0) is 24.3 Å².